The molecular weight excluding hydrogens is 383 g/mol. The Balaban J connectivity index is 2.09. The number of benzene rings is 2. The van der Waals surface area contributed by atoms with Crippen LogP contribution >= 0.6 is 34.8 Å². The summed E-state index contributed by atoms with van der Waals surface area (Å²) in [6, 6.07) is 8.93. The highest BCUT2D eigenvalue weighted by Gasteiger charge is 2.13. The molecule has 25 heavy (non-hydrogen) atoms. The highest BCUT2D eigenvalue weighted by Crippen LogP contribution is 2.36. The summed E-state index contributed by atoms with van der Waals surface area (Å²) in [4.78, 5) is 0. The second-order valence-electron chi connectivity index (χ2n) is 5.49. The maximum atomic E-state index is 6.29. The van der Waals surface area contributed by atoms with E-state index in [-0.39, 0.29) is 6.10 Å². The molecule has 0 aliphatic heterocycles. The number of rotatable bonds is 7. The summed E-state index contributed by atoms with van der Waals surface area (Å²) in [5.74, 6) is 1.07. The molecule has 0 radical (unpaired) electrons. The van der Waals surface area contributed by atoms with Crippen molar-refractivity contribution in [2.75, 3.05) is 7.11 Å². The zero-order valence-corrected chi connectivity index (χ0v) is 16.4. The minimum absolute atomic E-state index is 0.00652. The van der Waals surface area contributed by atoms with E-state index < -0.39 is 0 Å². The van der Waals surface area contributed by atoms with Gasteiger partial charge in [-0.2, -0.15) is 5.10 Å². The van der Waals surface area contributed by atoms with Crippen molar-refractivity contribution in [1.29, 1.82) is 0 Å². The summed E-state index contributed by atoms with van der Waals surface area (Å²) >= 11 is 18.5. The highest BCUT2D eigenvalue weighted by molar-refractivity contribution is 6.36. The van der Waals surface area contributed by atoms with E-state index in [0.717, 1.165) is 11.1 Å². The van der Waals surface area contributed by atoms with Gasteiger partial charge in [-0.1, -0.05) is 40.9 Å². The molecule has 134 valence electrons. The van der Waals surface area contributed by atoms with Crippen molar-refractivity contribution in [3.8, 4) is 11.5 Å². The van der Waals surface area contributed by atoms with Crippen LogP contribution in [0.25, 0.3) is 0 Å². The van der Waals surface area contributed by atoms with E-state index >= 15 is 0 Å². The van der Waals surface area contributed by atoms with Crippen LogP contribution in [0.4, 0.5) is 0 Å². The van der Waals surface area contributed by atoms with E-state index in [1.54, 1.807) is 43.7 Å². The van der Waals surface area contributed by atoms with Crippen LogP contribution in [0.1, 0.15) is 25.0 Å². The summed E-state index contributed by atoms with van der Waals surface area (Å²) in [5, 5.41) is 5.83. The molecule has 0 aliphatic carbocycles. The van der Waals surface area contributed by atoms with Crippen LogP contribution in [-0.4, -0.2) is 19.4 Å². The Labute approximate surface area is 162 Å². The van der Waals surface area contributed by atoms with Crippen LogP contribution in [0.15, 0.2) is 35.4 Å². The molecule has 0 heterocycles. The van der Waals surface area contributed by atoms with Crippen molar-refractivity contribution in [2.45, 2.75) is 26.5 Å². The monoisotopic (exact) mass is 400 g/mol. The third-order valence-corrected chi connectivity index (χ3v) is 4.22. The van der Waals surface area contributed by atoms with Crippen LogP contribution in [0.2, 0.25) is 15.1 Å². The number of hydrazone groups is 1. The zero-order chi connectivity index (χ0) is 18.4. The minimum Gasteiger partial charge on any atom is -0.493 e. The molecule has 2 aromatic carbocycles. The summed E-state index contributed by atoms with van der Waals surface area (Å²) in [7, 11) is 1.57. The van der Waals surface area contributed by atoms with Gasteiger partial charge in [-0.25, -0.2) is 0 Å². The Bertz CT molecular complexity index is 744. The van der Waals surface area contributed by atoms with Gasteiger partial charge in [-0.15, -0.1) is 0 Å². The van der Waals surface area contributed by atoms with Gasteiger partial charge in [0.1, 0.15) is 0 Å². The summed E-state index contributed by atoms with van der Waals surface area (Å²) in [5.41, 5.74) is 4.49. The zero-order valence-electron chi connectivity index (χ0n) is 14.1. The van der Waals surface area contributed by atoms with Gasteiger partial charge in [0.25, 0.3) is 0 Å². The molecule has 0 aromatic heterocycles. The van der Waals surface area contributed by atoms with Crippen molar-refractivity contribution in [1.82, 2.24) is 5.43 Å². The predicted molar refractivity (Wildman–Crippen MR) is 105 cm³/mol. The third-order valence-electron chi connectivity index (χ3n) is 3.23. The van der Waals surface area contributed by atoms with E-state index in [0.29, 0.717) is 33.1 Å². The first-order chi connectivity index (χ1) is 11.9. The lowest BCUT2D eigenvalue weighted by atomic mass is 10.2. The average Bonchev–Trinajstić information content (AvgIpc) is 2.55. The summed E-state index contributed by atoms with van der Waals surface area (Å²) in [6.07, 6.45) is 1.63. The van der Waals surface area contributed by atoms with Crippen LogP contribution in [0.3, 0.4) is 0 Å². The molecule has 0 bridgehead atoms. The molecule has 0 unspecified atom stereocenters. The molecule has 0 spiro atoms. The third kappa shape index (κ3) is 5.43. The molecule has 0 aliphatic rings. The Morgan fingerprint density at radius 3 is 2.40 bits per heavy atom. The Hall–Kier alpha value is -1.62. The number of methoxy groups -OCH3 is 1. The van der Waals surface area contributed by atoms with Gasteiger partial charge in [0.15, 0.2) is 11.5 Å². The fraction of sp³-hybridized carbons (Fsp3) is 0.278. The number of ether oxygens (including phenoxy) is 2. The maximum absolute atomic E-state index is 6.29. The van der Waals surface area contributed by atoms with Crippen LogP contribution in [0.5, 0.6) is 11.5 Å². The average molecular weight is 402 g/mol. The molecule has 0 saturated heterocycles. The number of nitrogens with zero attached hydrogens (tertiary/aromatic N) is 1. The van der Waals surface area contributed by atoms with Crippen LogP contribution in [-0.2, 0) is 6.54 Å². The largest absolute Gasteiger partial charge is 0.493 e. The highest BCUT2D eigenvalue weighted by atomic mass is 35.5. The predicted octanol–water partition coefficient (Wildman–Crippen LogP) is 5.57. The van der Waals surface area contributed by atoms with Crippen molar-refractivity contribution in [3.05, 3.63) is 56.5 Å². The lowest BCUT2D eigenvalue weighted by Gasteiger charge is -2.15. The lowest BCUT2D eigenvalue weighted by molar-refractivity contribution is 0.230. The van der Waals surface area contributed by atoms with Gasteiger partial charge >= 0.3 is 0 Å². The van der Waals surface area contributed by atoms with Crippen molar-refractivity contribution in [2.24, 2.45) is 5.10 Å². The van der Waals surface area contributed by atoms with E-state index in [9.17, 15) is 0 Å². The number of hydrogen-bond donors (Lipinski definition) is 1. The van der Waals surface area contributed by atoms with Gasteiger partial charge < -0.3 is 14.9 Å². The Kier molecular flexibility index (Phi) is 7.24. The van der Waals surface area contributed by atoms with Crippen molar-refractivity contribution >= 4 is 41.0 Å². The lowest BCUT2D eigenvalue weighted by Crippen LogP contribution is -2.08. The van der Waals surface area contributed by atoms with E-state index in [4.69, 9.17) is 44.3 Å². The van der Waals surface area contributed by atoms with Gasteiger partial charge in [0.2, 0.25) is 0 Å². The van der Waals surface area contributed by atoms with Gasteiger partial charge in [-0.3, -0.25) is 0 Å². The molecule has 0 atom stereocenters. The fourth-order valence-electron chi connectivity index (χ4n) is 2.11. The molecule has 2 aromatic rings. The molecule has 1 N–H and O–H groups in total. The second kappa shape index (κ2) is 9.18. The smallest absolute Gasteiger partial charge is 0.180 e. The maximum Gasteiger partial charge on any atom is 0.180 e. The molecular formula is C18H19Cl3N2O2. The van der Waals surface area contributed by atoms with E-state index in [1.807, 2.05) is 13.8 Å². The molecule has 4 nitrogen and oxygen atoms in total. The minimum atomic E-state index is -0.00652. The molecule has 0 saturated carbocycles. The van der Waals surface area contributed by atoms with Gasteiger partial charge in [-0.05, 0) is 43.7 Å². The summed E-state index contributed by atoms with van der Waals surface area (Å²) < 4.78 is 11.0. The first-order valence-electron chi connectivity index (χ1n) is 7.65. The quantitative estimate of drug-likeness (QED) is 0.487. The van der Waals surface area contributed by atoms with Crippen molar-refractivity contribution in [3.63, 3.8) is 0 Å². The molecule has 0 amide bonds. The number of hydrogen-bond acceptors (Lipinski definition) is 4. The van der Waals surface area contributed by atoms with Crippen LogP contribution in [0, 0.1) is 0 Å². The Morgan fingerprint density at radius 1 is 1.12 bits per heavy atom. The fourth-order valence-corrected chi connectivity index (χ4v) is 2.91. The first kappa shape index (κ1) is 19.7. The normalized spacial score (nSPS) is 11.2. The SMILES string of the molecule is COc1cc(/C=N/NCc2c(Cl)cccc2Cl)cc(Cl)c1OC(C)C. The number of halogens is 3. The van der Waals surface area contributed by atoms with Gasteiger partial charge in [0.05, 0.1) is 31.0 Å². The molecule has 2 rings (SSSR count). The van der Waals surface area contributed by atoms with Crippen LogP contribution < -0.4 is 14.9 Å². The van der Waals surface area contributed by atoms with Crippen molar-refractivity contribution < 1.29 is 9.47 Å². The molecule has 0 fully saturated rings. The Morgan fingerprint density at radius 2 is 1.80 bits per heavy atom. The van der Waals surface area contributed by atoms with Gasteiger partial charge in [0, 0.05) is 15.6 Å². The van der Waals surface area contributed by atoms with E-state index in [1.165, 1.54) is 0 Å². The van der Waals surface area contributed by atoms with E-state index in [2.05, 4.69) is 10.5 Å². The summed E-state index contributed by atoms with van der Waals surface area (Å²) in [6.45, 7) is 4.26. The second-order valence-corrected chi connectivity index (χ2v) is 6.72. The molecule has 7 heteroatoms. The first-order valence-corrected chi connectivity index (χ1v) is 8.78. The number of nitrogens with one attached hydrogen (secondary N) is 1. The topological polar surface area (TPSA) is 42.8 Å². The standard InChI is InChI=1S/C18H19Cl3N2O2/c1-11(2)25-18-16(21)7-12(8-17(18)24-3)9-22-23-10-13-14(19)5-4-6-15(13)20/h4-9,11,23H,10H2,1-3H3/b22-9+.